The van der Waals surface area contributed by atoms with Gasteiger partial charge in [-0.1, -0.05) is 6.92 Å². The van der Waals surface area contributed by atoms with E-state index < -0.39 is 0 Å². The zero-order chi connectivity index (χ0) is 13.7. The minimum Gasteiger partial charge on any atom is -0.472 e. The number of esters is 1. The molecule has 1 aliphatic rings. The van der Waals surface area contributed by atoms with Gasteiger partial charge >= 0.3 is 5.97 Å². The quantitative estimate of drug-likeness (QED) is 0.831. The van der Waals surface area contributed by atoms with Gasteiger partial charge in [0, 0.05) is 24.1 Å². The molecule has 0 amide bonds. The van der Waals surface area contributed by atoms with Crippen LogP contribution >= 0.6 is 0 Å². The molecule has 1 fully saturated rings. The van der Waals surface area contributed by atoms with Gasteiger partial charge in [-0.15, -0.1) is 0 Å². The van der Waals surface area contributed by atoms with E-state index in [0.29, 0.717) is 24.4 Å². The molecule has 1 aromatic heterocycles. The van der Waals surface area contributed by atoms with Crippen LogP contribution in [0.4, 0.5) is 0 Å². The molecule has 4 nitrogen and oxygen atoms in total. The van der Waals surface area contributed by atoms with Crippen molar-refractivity contribution in [1.82, 2.24) is 5.32 Å². The molecule has 1 aliphatic heterocycles. The molecule has 1 aromatic rings. The van der Waals surface area contributed by atoms with Crippen LogP contribution in [0.1, 0.15) is 50.6 Å². The zero-order valence-electron chi connectivity index (χ0n) is 11.7. The van der Waals surface area contributed by atoms with Crippen LogP contribution in [-0.4, -0.2) is 19.1 Å². The van der Waals surface area contributed by atoms with E-state index in [-0.39, 0.29) is 5.97 Å². The molecule has 4 heteroatoms. The molecule has 0 radical (unpaired) electrons. The van der Waals surface area contributed by atoms with Crippen molar-refractivity contribution in [2.24, 2.45) is 5.92 Å². The highest BCUT2D eigenvalue weighted by molar-refractivity contribution is 5.68. The summed E-state index contributed by atoms with van der Waals surface area (Å²) in [6.45, 7) is 2.28. The van der Waals surface area contributed by atoms with Gasteiger partial charge in [-0.2, -0.15) is 0 Å². The van der Waals surface area contributed by atoms with Gasteiger partial charge in [0.05, 0.1) is 19.6 Å². The average molecular weight is 265 g/mol. The van der Waals surface area contributed by atoms with E-state index in [4.69, 9.17) is 4.42 Å². The van der Waals surface area contributed by atoms with Gasteiger partial charge in [0.2, 0.25) is 0 Å². The molecule has 3 atom stereocenters. The Kier molecular flexibility index (Phi) is 5.02. The molecule has 0 bridgehead atoms. The number of piperidine rings is 1. The first-order valence-electron chi connectivity index (χ1n) is 7.05. The number of hydrogen-bond donors (Lipinski definition) is 1. The second-order valence-corrected chi connectivity index (χ2v) is 5.41. The normalized spacial score (nSPS) is 27.2. The first-order valence-corrected chi connectivity index (χ1v) is 7.05. The summed E-state index contributed by atoms with van der Waals surface area (Å²) in [5.41, 5.74) is 1.23. The van der Waals surface area contributed by atoms with Crippen LogP contribution in [0.2, 0.25) is 0 Å². The van der Waals surface area contributed by atoms with Crippen molar-refractivity contribution in [3.63, 3.8) is 0 Å². The van der Waals surface area contributed by atoms with E-state index in [1.807, 2.05) is 12.3 Å². The van der Waals surface area contributed by atoms with Crippen molar-refractivity contribution < 1.29 is 13.9 Å². The molecular formula is C15H23NO3. The third kappa shape index (κ3) is 3.83. The second-order valence-electron chi connectivity index (χ2n) is 5.41. The molecule has 1 saturated heterocycles. The van der Waals surface area contributed by atoms with Gasteiger partial charge in [-0.3, -0.25) is 4.79 Å². The maximum atomic E-state index is 11.1. The number of rotatable bonds is 5. The molecule has 1 N–H and O–H groups in total. The summed E-state index contributed by atoms with van der Waals surface area (Å²) in [6.07, 6.45) is 8.32. The van der Waals surface area contributed by atoms with E-state index >= 15 is 0 Å². The van der Waals surface area contributed by atoms with E-state index in [9.17, 15) is 4.79 Å². The number of methoxy groups -OCH3 is 1. The van der Waals surface area contributed by atoms with Gasteiger partial charge in [0.1, 0.15) is 0 Å². The van der Waals surface area contributed by atoms with Gasteiger partial charge < -0.3 is 14.5 Å². The summed E-state index contributed by atoms with van der Waals surface area (Å²) in [5, 5.41) is 3.69. The first kappa shape index (κ1) is 14.1. The van der Waals surface area contributed by atoms with Crippen molar-refractivity contribution in [2.45, 2.75) is 51.1 Å². The molecule has 2 rings (SSSR count). The van der Waals surface area contributed by atoms with E-state index in [1.165, 1.54) is 19.1 Å². The standard InChI is InChI=1S/C15H23NO3/c1-11-6-7-14(12-8-9-19-10-12)16-13(11)4-3-5-15(17)18-2/h8-11,13-14,16H,3-7H2,1-2H3/t11-,13+,14+/m1/s1. The maximum Gasteiger partial charge on any atom is 0.305 e. The predicted octanol–water partition coefficient (Wildman–Crippen LogP) is 3.05. The van der Waals surface area contributed by atoms with Crippen LogP contribution in [0, 0.1) is 5.92 Å². The Balaban J connectivity index is 1.83. The highest BCUT2D eigenvalue weighted by atomic mass is 16.5. The van der Waals surface area contributed by atoms with Crippen LogP contribution in [-0.2, 0) is 9.53 Å². The number of ether oxygens (including phenoxy) is 1. The lowest BCUT2D eigenvalue weighted by atomic mass is 9.84. The lowest BCUT2D eigenvalue weighted by Gasteiger charge is -2.35. The number of carbonyl (C=O) groups excluding carboxylic acids is 1. The maximum absolute atomic E-state index is 11.1. The SMILES string of the molecule is COC(=O)CCC[C@@H]1N[C@H](c2ccoc2)CC[C@H]1C. The van der Waals surface area contributed by atoms with Crippen LogP contribution in [0.3, 0.4) is 0 Å². The Bertz CT molecular complexity index is 388. The van der Waals surface area contributed by atoms with E-state index in [1.54, 1.807) is 6.26 Å². The Hall–Kier alpha value is -1.29. The first-order chi connectivity index (χ1) is 9.20. The number of furan rings is 1. The third-order valence-corrected chi connectivity index (χ3v) is 4.08. The van der Waals surface area contributed by atoms with Crippen LogP contribution in [0.5, 0.6) is 0 Å². The highest BCUT2D eigenvalue weighted by Crippen LogP contribution is 2.31. The molecule has 19 heavy (non-hydrogen) atoms. The Labute approximate surface area is 114 Å². The number of hydrogen-bond acceptors (Lipinski definition) is 4. The topological polar surface area (TPSA) is 51.5 Å². The fraction of sp³-hybridized carbons (Fsp3) is 0.667. The summed E-state index contributed by atoms with van der Waals surface area (Å²) in [4.78, 5) is 11.1. The molecule has 2 heterocycles. The lowest BCUT2D eigenvalue weighted by molar-refractivity contribution is -0.140. The van der Waals surface area contributed by atoms with Gasteiger partial charge in [-0.25, -0.2) is 0 Å². The van der Waals surface area contributed by atoms with Crippen LogP contribution in [0.15, 0.2) is 23.0 Å². The van der Waals surface area contributed by atoms with Crippen LogP contribution < -0.4 is 5.32 Å². The minimum absolute atomic E-state index is 0.116. The lowest BCUT2D eigenvalue weighted by Crippen LogP contribution is -2.42. The molecule has 0 aromatic carbocycles. The molecular weight excluding hydrogens is 242 g/mol. The second kappa shape index (κ2) is 6.75. The largest absolute Gasteiger partial charge is 0.472 e. The van der Waals surface area contributed by atoms with Crippen molar-refractivity contribution in [3.05, 3.63) is 24.2 Å². The number of nitrogens with one attached hydrogen (secondary N) is 1. The fourth-order valence-electron chi connectivity index (χ4n) is 2.81. The predicted molar refractivity (Wildman–Crippen MR) is 72.6 cm³/mol. The molecule has 106 valence electrons. The van der Waals surface area contributed by atoms with E-state index in [0.717, 1.165) is 19.3 Å². The molecule has 0 unspecified atom stereocenters. The van der Waals surface area contributed by atoms with E-state index in [2.05, 4.69) is 17.0 Å². The van der Waals surface area contributed by atoms with Crippen molar-refractivity contribution in [2.75, 3.05) is 7.11 Å². The minimum atomic E-state index is -0.116. The highest BCUT2D eigenvalue weighted by Gasteiger charge is 2.27. The van der Waals surface area contributed by atoms with Crippen LogP contribution in [0.25, 0.3) is 0 Å². The summed E-state index contributed by atoms with van der Waals surface area (Å²) in [5.74, 6) is 0.538. The van der Waals surface area contributed by atoms with Crippen molar-refractivity contribution in [1.29, 1.82) is 0 Å². The zero-order valence-corrected chi connectivity index (χ0v) is 11.7. The fourth-order valence-corrected chi connectivity index (χ4v) is 2.81. The Morgan fingerprint density at radius 3 is 3.05 bits per heavy atom. The Morgan fingerprint density at radius 1 is 1.53 bits per heavy atom. The summed E-state index contributed by atoms with van der Waals surface area (Å²) in [6, 6.07) is 2.88. The summed E-state index contributed by atoms with van der Waals surface area (Å²) >= 11 is 0. The summed E-state index contributed by atoms with van der Waals surface area (Å²) < 4.78 is 9.83. The van der Waals surface area contributed by atoms with Gasteiger partial charge in [0.15, 0.2) is 0 Å². The summed E-state index contributed by atoms with van der Waals surface area (Å²) in [7, 11) is 1.44. The average Bonchev–Trinajstić information content (AvgIpc) is 2.94. The van der Waals surface area contributed by atoms with Gasteiger partial charge in [0.25, 0.3) is 0 Å². The van der Waals surface area contributed by atoms with Crippen molar-refractivity contribution in [3.8, 4) is 0 Å². The van der Waals surface area contributed by atoms with Gasteiger partial charge in [-0.05, 0) is 37.7 Å². The smallest absolute Gasteiger partial charge is 0.305 e. The number of carbonyl (C=O) groups is 1. The molecule has 0 aliphatic carbocycles. The third-order valence-electron chi connectivity index (χ3n) is 4.08. The van der Waals surface area contributed by atoms with Crippen molar-refractivity contribution >= 4 is 5.97 Å². The Morgan fingerprint density at radius 2 is 2.37 bits per heavy atom. The monoisotopic (exact) mass is 265 g/mol. The molecule has 0 spiro atoms. The molecule has 0 saturated carbocycles.